The van der Waals surface area contributed by atoms with Gasteiger partial charge in [-0.3, -0.25) is 4.18 Å². The minimum Gasteiger partial charge on any atom is -0.417 e. The van der Waals surface area contributed by atoms with Crippen LogP contribution < -0.4 is 0 Å². The Balaban J connectivity index is 2.98. The molecular formula is C23H44O5SSi2. The maximum Gasteiger partial charge on any atom is 0.297 e. The van der Waals surface area contributed by atoms with Gasteiger partial charge in [-0.1, -0.05) is 59.2 Å². The fraction of sp³-hybridized carbons (Fsp3) is 0.739. The van der Waals surface area contributed by atoms with E-state index in [1.165, 1.54) is 0 Å². The van der Waals surface area contributed by atoms with Crippen LogP contribution in [0.15, 0.2) is 29.2 Å². The summed E-state index contributed by atoms with van der Waals surface area (Å²) in [6.07, 6.45) is -0.128. The van der Waals surface area contributed by atoms with Crippen LogP contribution in [0.3, 0.4) is 0 Å². The molecule has 0 aromatic heterocycles. The molecule has 5 nitrogen and oxygen atoms in total. The highest BCUT2D eigenvalue weighted by atomic mass is 32.2. The zero-order chi connectivity index (χ0) is 24.3. The van der Waals surface area contributed by atoms with Gasteiger partial charge in [0.1, 0.15) is 6.10 Å². The van der Waals surface area contributed by atoms with Crippen molar-refractivity contribution in [3.05, 3.63) is 29.8 Å². The van der Waals surface area contributed by atoms with Crippen LogP contribution in [0, 0.1) is 6.92 Å². The van der Waals surface area contributed by atoms with Gasteiger partial charge in [0.05, 0.1) is 11.5 Å². The first kappa shape index (κ1) is 28.5. The molecule has 31 heavy (non-hydrogen) atoms. The van der Waals surface area contributed by atoms with E-state index in [0.717, 1.165) is 5.56 Å². The van der Waals surface area contributed by atoms with Gasteiger partial charge in [-0.2, -0.15) is 8.42 Å². The Kier molecular flexibility index (Phi) is 9.36. The van der Waals surface area contributed by atoms with E-state index in [1.54, 1.807) is 24.3 Å². The zero-order valence-corrected chi connectivity index (χ0v) is 24.3. The second kappa shape index (κ2) is 10.2. The van der Waals surface area contributed by atoms with Gasteiger partial charge in [0.25, 0.3) is 10.1 Å². The Bertz CT molecular complexity index is 804. The lowest BCUT2D eigenvalue weighted by Crippen LogP contribution is -2.44. The van der Waals surface area contributed by atoms with Gasteiger partial charge >= 0.3 is 0 Å². The molecule has 0 aliphatic carbocycles. The van der Waals surface area contributed by atoms with Gasteiger partial charge in [-0.15, -0.1) is 0 Å². The minimum atomic E-state index is -3.88. The number of aryl methyl sites for hydroxylation is 1. The molecule has 0 N–H and O–H groups in total. The summed E-state index contributed by atoms with van der Waals surface area (Å²) in [6, 6.07) is 6.72. The third-order valence-electron chi connectivity index (χ3n) is 6.72. The van der Waals surface area contributed by atoms with Crippen LogP contribution in [0.5, 0.6) is 0 Å². The maximum absolute atomic E-state index is 12.9. The molecule has 180 valence electrons. The third-order valence-corrected chi connectivity index (χ3v) is 17.1. The fourth-order valence-electron chi connectivity index (χ4n) is 2.28. The molecule has 0 aliphatic rings. The van der Waals surface area contributed by atoms with Gasteiger partial charge in [0, 0.05) is 6.61 Å². The van der Waals surface area contributed by atoms with Crippen LogP contribution in [-0.2, 0) is 23.2 Å². The molecule has 0 amide bonds. The molecule has 1 atom stereocenters. The molecule has 0 spiro atoms. The first-order valence-corrected chi connectivity index (χ1v) is 18.3. The van der Waals surface area contributed by atoms with Crippen molar-refractivity contribution in [1.29, 1.82) is 0 Å². The highest BCUT2D eigenvalue weighted by Crippen LogP contribution is 2.38. The number of benzene rings is 1. The SMILES string of the molecule is Cc1ccc(S(=O)(=O)OC(CCO[Si](C)(C)C(C)(C)C)CO[Si](C)(C)C(C)(C)C)cc1. The second-order valence-electron chi connectivity index (χ2n) is 11.5. The summed E-state index contributed by atoms with van der Waals surface area (Å²) in [5, 5.41) is 0.125. The van der Waals surface area contributed by atoms with Crippen molar-refractivity contribution >= 4 is 26.8 Å². The molecule has 0 saturated heterocycles. The molecule has 0 fully saturated rings. The van der Waals surface area contributed by atoms with Crippen molar-refractivity contribution in [3.8, 4) is 0 Å². The van der Waals surface area contributed by atoms with Gasteiger partial charge in [0.2, 0.25) is 0 Å². The van der Waals surface area contributed by atoms with E-state index in [9.17, 15) is 8.42 Å². The molecule has 0 aliphatic heterocycles. The smallest absolute Gasteiger partial charge is 0.297 e. The average Bonchev–Trinajstić information content (AvgIpc) is 2.57. The fourth-order valence-corrected chi connectivity index (χ4v) is 5.47. The van der Waals surface area contributed by atoms with Gasteiger partial charge in [-0.05, 0) is 61.7 Å². The first-order chi connectivity index (χ1) is 13.8. The minimum absolute atomic E-state index is 0.0328. The first-order valence-electron chi connectivity index (χ1n) is 11.1. The molecule has 0 saturated carbocycles. The van der Waals surface area contributed by atoms with Crippen LogP contribution in [-0.4, -0.2) is 44.4 Å². The summed E-state index contributed by atoms with van der Waals surface area (Å²) in [5.41, 5.74) is 1.000. The summed E-state index contributed by atoms with van der Waals surface area (Å²) in [5.74, 6) is 0. The predicted octanol–water partition coefficient (Wildman–Crippen LogP) is 6.50. The lowest BCUT2D eigenvalue weighted by atomic mass is 10.2. The van der Waals surface area contributed by atoms with E-state index in [4.69, 9.17) is 13.0 Å². The monoisotopic (exact) mass is 488 g/mol. The van der Waals surface area contributed by atoms with E-state index in [1.807, 2.05) is 6.92 Å². The highest BCUT2D eigenvalue weighted by Gasteiger charge is 2.39. The highest BCUT2D eigenvalue weighted by molar-refractivity contribution is 7.86. The normalized spacial score (nSPS) is 15.2. The molecule has 0 radical (unpaired) electrons. The summed E-state index contributed by atoms with van der Waals surface area (Å²) in [6.45, 7) is 24.4. The molecule has 0 bridgehead atoms. The second-order valence-corrected chi connectivity index (χ2v) is 22.6. The largest absolute Gasteiger partial charge is 0.417 e. The molecule has 0 heterocycles. The average molecular weight is 489 g/mol. The summed E-state index contributed by atoms with van der Waals surface area (Å²) < 4.78 is 44.1. The van der Waals surface area contributed by atoms with Crippen molar-refractivity contribution in [1.82, 2.24) is 0 Å². The van der Waals surface area contributed by atoms with Crippen LogP contribution >= 0.6 is 0 Å². The van der Waals surface area contributed by atoms with Gasteiger partial charge in [0.15, 0.2) is 16.6 Å². The Morgan fingerprint density at radius 3 is 1.74 bits per heavy atom. The number of hydrogen-bond donors (Lipinski definition) is 0. The van der Waals surface area contributed by atoms with Crippen LogP contribution in [0.25, 0.3) is 0 Å². The van der Waals surface area contributed by atoms with E-state index in [-0.39, 0.29) is 21.6 Å². The topological polar surface area (TPSA) is 61.8 Å². The lowest BCUT2D eigenvalue weighted by Gasteiger charge is -2.38. The maximum atomic E-state index is 12.9. The Morgan fingerprint density at radius 2 is 1.29 bits per heavy atom. The number of hydrogen-bond acceptors (Lipinski definition) is 5. The van der Waals surface area contributed by atoms with E-state index in [2.05, 4.69) is 67.7 Å². The molecular weight excluding hydrogens is 444 g/mol. The van der Waals surface area contributed by atoms with Crippen molar-refractivity contribution in [2.45, 2.75) is 102 Å². The molecule has 1 unspecified atom stereocenters. The lowest BCUT2D eigenvalue weighted by molar-refractivity contribution is 0.101. The van der Waals surface area contributed by atoms with E-state index >= 15 is 0 Å². The number of rotatable bonds is 10. The summed E-state index contributed by atoms with van der Waals surface area (Å²) in [7, 11) is -7.85. The van der Waals surface area contributed by atoms with Crippen LogP contribution in [0.4, 0.5) is 0 Å². The summed E-state index contributed by atoms with van der Waals surface area (Å²) in [4.78, 5) is 0.167. The molecule has 8 heteroatoms. The Hall–Kier alpha value is -0.516. The molecule has 1 aromatic carbocycles. The third kappa shape index (κ3) is 8.40. The molecule has 1 aromatic rings. The van der Waals surface area contributed by atoms with E-state index < -0.39 is 32.9 Å². The van der Waals surface area contributed by atoms with Crippen molar-refractivity contribution in [3.63, 3.8) is 0 Å². The zero-order valence-electron chi connectivity index (χ0n) is 21.5. The predicted molar refractivity (Wildman–Crippen MR) is 134 cm³/mol. The van der Waals surface area contributed by atoms with Crippen molar-refractivity contribution in [2.24, 2.45) is 0 Å². The van der Waals surface area contributed by atoms with Crippen molar-refractivity contribution < 1.29 is 21.5 Å². The summed E-state index contributed by atoms with van der Waals surface area (Å²) >= 11 is 0. The van der Waals surface area contributed by atoms with E-state index in [0.29, 0.717) is 13.0 Å². The Labute approximate surface area is 193 Å². The van der Waals surface area contributed by atoms with Gasteiger partial charge in [-0.25, -0.2) is 0 Å². The Morgan fingerprint density at radius 1 is 0.839 bits per heavy atom. The quantitative estimate of drug-likeness (QED) is 0.278. The van der Waals surface area contributed by atoms with Gasteiger partial charge < -0.3 is 8.85 Å². The molecule has 1 rings (SSSR count). The van der Waals surface area contributed by atoms with Crippen LogP contribution in [0.1, 0.15) is 53.5 Å². The van der Waals surface area contributed by atoms with Crippen molar-refractivity contribution in [2.75, 3.05) is 13.2 Å². The van der Waals surface area contributed by atoms with Crippen LogP contribution in [0.2, 0.25) is 36.3 Å². The standard InChI is InChI=1S/C23H44O5SSi2/c1-19-12-14-21(15-13-19)29(24,25)28-20(18-27-31(10,11)23(5,6)7)16-17-26-30(8,9)22(2,3)4/h12-15,20H,16-18H2,1-11H3.